The molecule has 1 N–H and O–H groups in total. The first-order valence-electron chi connectivity index (χ1n) is 12.0. The topological polar surface area (TPSA) is 97.4 Å². The largest absolute Gasteiger partial charge is 0.493 e. The van der Waals surface area contributed by atoms with E-state index in [2.05, 4.69) is 5.32 Å². The number of ether oxygens (including phenoxy) is 3. The number of hydrogen-bond acceptors (Lipinski definition) is 7. The molecule has 2 aliphatic rings. The van der Waals surface area contributed by atoms with Crippen molar-refractivity contribution in [2.45, 2.75) is 19.9 Å². The first kappa shape index (κ1) is 25.2. The summed E-state index contributed by atoms with van der Waals surface area (Å²) in [5, 5.41) is 2.88. The molecule has 2 aromatic carbocycles. The third-order valence-electron chi connectivity index (χ3n) is 5.97. The SMILES string of the molecule is COc1cccc2c1OCC(OC(=O)c1ccc(C(=O)N3CCN(CC(=O)NC(C)C)CC3)cc1)=C2. The quantitative estimate of drug-likeness (QED) is 0.592. The highest BCUT2D eigenvalue weighted by atomic mass is 16.6. The Morgan fingerprint density at radius 2 is 1.69 bits per heavy atom. The minimum absolute atomic E-state index is 0.00765. The summed E-state index contributed by atoms with van der Waals surface area (Å²) in [6.07, 6.45) is 1.75. The van der Waals surface area contributed by atoms with Crippen molar-refractivity contribution in [2.75, 3.05) is 46.4 Å². The van der Waals surface area contributed by atoms with Gasteiger partial charge in [-0.05, 0) is 50.3 Å². The fraction of sp³-hybridized carbons (Fsp3) is 0.370. The monoisotopic (exact) mass is 493 g/mol. The summed E-state index contributed by atoms with van der Waals surface area (Å²) >= 11 is 0. The van der Waals surface area contributed by atoms with Crippen molar-refractivity contribution in [3.63, 3.8) is 0 Å². The van der Waals surface area contributed by atoms with Gasteiger partial charge in [0.1, 0.15) is 12.4 Å². The van der Waals surface area contributed by atoms with Gasteiger partial charge in [0.15, 0.2) is 11.5 Å². The Balaban J connectivity index is 1.31. The van der Waals surface area contributed by atoms with E-state index in [1.54, 1.807) is 48.4 Å². The van der Waals surface area contributed by atoms with Gasteiger partial charge in [-0.3, -0.25) is 14.5 Å². The standard InChI is InChI=1S/C27H31N3O6/c1-18(2)28-24(31)16-29-11-13-30(14-12-29)26(32)19-7-9-20(10-8-19)27(33)36-22-15-21-5-4-6-23(34-3)25(21)35-17-22/h4-10,15,18H,11-14,16-17H2,1-3H3,(H,28,31). The van der Waals surface area contributed by atoms with Gasteiger partial charge in [-0.25, -0.2) is 4.79 Å². The lowest BCUT2D eigenvalue weighted by Gasteiger charge is -2.34. The molecule has 0 unspecified atom stereocenters. The smallest absolute Gasteiger partial charge is 0.343 e. The third-order valence-corrected chi connectivity index (χ3v) is 5.97. The second-order valence-corrected chi connectivity index (χ2v) is 9.04. The molecule has 190 valence electrons. The molecule has 0 aromatic heterocycles. The van der Waals surface area contributed by atoms with E-state index in [0.29, 0.717) is 61.1 Å². The molecule has 2 heterocycles. The van der Waals surface area contributed by atoms with Crippen LogP contribution in [0.3, 0.4) is 0 Å². The number of amides is 2. The summed E-state index contributed by atoms with van der Waals surface area (Å²) in [4.78, 5) is 41.3. The molecule has 1 saturated heterocycles. The highest BCUT2D eigenvalue weighted by Gasteiger charge is 2.24. The second-order valence-electron chi connectivity index (χ2n) is 9.04. The summed E-state index contributed by atoms with van der Waals surface area (Å²) in [5.74, 6) is 0.987. The number of rotatable bonds is 7. The van der Waals surface area contributed by atoms with Gasteiger partial charge in [0.25, 0.3) is 5.91 Å². The van der Waals surface area contributed by atoms with E-state index in [0.717, 1.165) is 5.56 Å². The van der Waals surface area contributed by atoms with Crippen molar-refractivity contribution in [1.29, 1.82) is 0 Å². The third kappa shape index (κ3) is 6.04. The Hall–Kier alpha value is -3.85. The highest BCUT2D eigenvalue weighted by Crippen LogP contribution is 2.35. The molecular weight excluding hydrogens is 462 g/mol. The molecule has 9 nitrogen and oxygen atoms in total. The summed E-state index contributed by atoms with van der Waals surface area (Å²) in [6, 6.07) is 12.0. The Morgan fingerprint density at radius 1 is 1.00 bits per heavy atom. The first-order chi connectivity index (χ1) is 17.3. The lowest BCUT2D eigenvalue weighted by Crippen LogP contribution is -2.51. The van der Waals surface area contributed by atoms with Crippen molar-refractivity contribution in [1.82, 2.24) is 15.1 Å². The van der Waals surface area contributed by atoms with Gasteiger partial charge < -0.3 is 24.4 Å². The molecule has 0 saturated carbocycles. The Labute approximate surface area is 210 Å². The lowest BCUT2D eigenvalue weighted by atomic mass is 10.1. The van der Waals surface area contributed by atoms with Gasteiger partial charge in [-0.2, -0.15) is 0 Å². The van der Waals surface area contributed by atoms with Gasteiger partial charge in [0.05, 0.1) is 19.2 Å². The number of hydrogen-bond donors (Lipinski definition) is 1. The Bertz CT molecular complexity index is 1150. The molecule has 0 atom stereocenters. The van der Waals surface area contributed by atoms with Gasteiger partial charge in [0, 0.05) is 43.3 Å². The zero-order valence-electron chi connectivity index (χ0n) is 20.8. The number of benzene rings is 2. The number of nitrogens with one attached hydrogen (secondary N) is 1. The number of para-hydroxylation sites is 1. The van der Waals surface area contributed by atoms with Crippen LogP contribution in [0.25, 0.3) is 6.08 Å². The summed E-state index contributed by atoms with van der Waals surface area (Å²) < 4.78 is 16.5. The molecule has 36 heavy (non-hydrogen) atoms. The molecule has 2 aliphatic heterocycles. The highest BCUT2D eigenvalue weighted by molar-refractivity contribution is 5.96. The van der Waals surface area contributed by atoms with E-state index in [9.17, 15) is 14.4 Å². The fourth-order valence-electron chi connectivity index (χ4n) is 4.17. The maximum atomic E-state index is 12.9. The number of methoxy groups -OCH3 is 1. The van der Waals surface area contributed by atoms with Crippen LogP contribution < -0.4 is 14.8 Å². The minimum atomic E-state index is -0.525. The fourth-order valence-corrected chi connectivity index (χ4v) is 4.17. The van der Waals surface area contributed by atoms with E-state index in [1.807, 2.05) is 30.9 Å². The normalized spacial score (nSPS) is 15.4. The van der Waals surface area contributed by atoms with Crippen LogP contribution in [0.4, 0.5) is 0 Å². The van der Waals surface area contributed by atoms with Crippen LogP contribution >= 0.6 is 0 Å². The average molecular weight is 494 g/mol. The predicted octanol–water partition coefficient (Wildman–Crippen LogP) is 2.57. The molecule has 0 spiro atoms. The summed E-state index contributed by atoms with van der Waals surface area (Å²) in [5.41, 5.74) is 1.61. The number of nitrogens with zero attached hydrogens (tertiary/aromatic N) is 2. The van der Waals surface area contributed by atoms with Gasteiger partial charge in [-0.1, -0.05) is 12.1 Å². The number of carbonyl (C=O) groups is 3. The zero-order chi connectivity index (χ0) is 25.7. The Morgan fingerprint density at radius 3 is 2.36 bits per heavy atom. The lowest BCUT2D eigenvalue weighted by molar-refractivity contribution is -0.123. The van der Waals surface area contributed by atoms with Crippen LogP contribution in [0.15, 0.2) is 48.2 Å². The van der Waals surface area contributed by atoms with Crippen molar-refractivity contribution in [3.8, 4) is 11.5 Å². The van der Waals surface area contributed by atoms with Crippen molar-refractivity contribution in [3.05, 3.63) is 64.9 Å². The minimum Gasteiger partial charge on any atom is -0.493 e. The summed E-state index contributed by atoms with van der Waals surface area (Å²) in [6.45, 7) is 6.64. The molecule has 2 amide bonds. The van der Waals surface area contributed by atoms with E-state index >= 15 is 0 Å². The molecule has 0 bridgehead atoms. The first-order valence-corrected chi connectivity index (χ1v) is 12.0. The van der Waals surface area contributed by atoms with E-state index in [-0.39, 0.29) is 24.5 Å². The second kappa shape index (κ2) is 11.3. The van der Waals surface area contributed by atoms with Crippen molar-refractivity contribution < 1.29 is 28.6 Å². The molecule has 9 heteroatoms. The predicted molar refractivity (Wildman–Crippen MR) is 134 cm³/mol. The van der Waals surface area contributed by atoms with Crippen LogP contribution in [0.2, 0.25) is 0 Å². The average Bonchev–Trinajstić information content (AvgIpc) is 2.87. The van der Waals surface area contributed by atoms with Crippen molar-refractivity contribution in [2.24, 2.45) is 0 Å². The van der Waals surface area contributed by atoms with E-state index < -0.39 is 5.97 Å². The molecule has 0 aliphatic carbocycles. The van der Waals surface area contributed by atoms with Crippen LogP contribution in [0.5, 0.6) is 11.5 Å². The maximum absolute atomic E-state index is 12.9. The van der Waals surface area contributed by atoms with Crippen LogP contribution in [0.1, 0.15) is 40.1 Å². The number of piperazine rings is 1. The molecule has 2 aromatic rings. The van der Waals surface area contributed by atoms with E-state index in [4.69, 9.17) is 14.2 Å². The molecule has 4 rings (SSSR count). The molecule has 1 fully saturated rings. The molecular formula is C27H31N3O6. The van der Waals surface area contributed by atoms with Gasteiger partial charge >= 0.3 is 5.97 Å². The van der Waals surface area contributed by atoms with Crippen LogP contribution in [-0.2, 0) is 9.53 Å². The van der Waals surface area contributed by atoms with Gasteiger partial charge in [-0.15, -0.1) is 0 Å². The zero-order valence-corrected chi connectivity index (χ0v) is 20.8. The molecule has 0 radical (unpaired) electrons. The van der Waals surface area contributed by atoms with Crippen LogP contribution in [-0.4, -0.2) is 80.1 Å². The number of carbonyl (C=O) groups excluding carboxylic acids is 3. The Kier molecular flexibility index (Phi) is 7.90. The van der Waals surface area contributed by atoms with Crippen molar-refractivity contribution >= 4 is 23.9 Å². The van der Waals surface area contributed by atoms with E-state index in [1.165, 1.54) is 0 Å². The number of esters is 1. The van der Waals surface area contributed by atoms with Gasteiger partial charge in [0.2, 0.25) is 5.91 Å². The number of fused-ring (bicyclic) bond motifs is 1. The maximum Gasteiger partial charge on any atom is 0.343 e. The summed E-state index contributed by atoms with van der Waals surface area (Å²) in [7, 11) is 1.57. The van der Waals surface area contributed by atoms with Crippen LogP contribution in [0, 0.1) is 0 Å².